The van der Waals surface area contributed by atoms with Crippen molar-refractivity contribution in [2.45, 2.75) is 44.0 Å². The number of hydrogen-bond acceptors (Lipinski definition) is 13. The highest BCUT2D eigenvalue weighted by Crippen LogP contribution is 2.58. The van der Waals surface area contributed by atoms with E-state index >= 15 is 4.39 Å². The van der Waals surface area contributed by atoms with Gasteiger partial charge in [-0.2, -0.15) is 9.97 Å². The number of fused-ring (bicyclic) bond motifs is 2. The number of pyridine rings is 1. The molecule has 262 valence electrons. The first kappa shape index (κ1) is 33.9. The molecular weight excluding hydrogens is 661 g/mol. The summed E-state index contributed by atoms with van der Waals surface area (Å²) in [6, 6.07) is 3.80. The molecule has 0 bridgehead atoms. The van der Waals surface area contributed by atoms with Crippen molar-refractivity contribution in [2.75, 3.05) is 43.5 Å². The fourth-order valence-corrected chi connectivity index (χ4v) is 7.14. The fraction of sp³-hybridized carbons (Fsp3) is 0.382. The number of epoxide rings is 1. The molecule has 3 unspecified atom stereocenters. The molecule has 13 nitrogen and oxygen atoms in total. The van der Waals surface area contributed by atoms with Gasteiger partial charge < -0.3 is 40.5 Å². The summed E-state index contributed by atoms with van der Waals surface area (Å²) < 4.78 is 63.1. The van der Waals surface area contributed by atoms with Gasteiger partial charge in [0.1, 0.15) is 22.8 Å². The lowest BCUT2D eigenvalue weighted by Gasteiger charge is -2.42. The standard InChI is InChI=1S/C34H33F3N6O7/c1-4-22-25(36)6-5-19-11-21(38)12-23(26(19)22)28-27(37)29-24(14-39-28)30(42-9-10-48-16-17(2)15-42)41-31(40-29)49-33(44)32(50-33)18(3)43(34(45,46)47)8-7-20(32)13-35/h1,5-6,11-14,17-18,44-47H,7-10,15-16,38H2,2-3H3/b20-13+/t17?,18?,32-,33?/m1/s1. The van der Waals surface area contributed by atoms with Gasteiger partial charge in [-0.25, -0.2) is 18.1 Å². The van der Waals surface area contributed by atoms with Crippen molar-refractivity contribution in [1.82, 2.24) is 19.9 Å². The molecule has 3 saturated heterocycles. The Morgan fingerprint density at radius 2 is 1.96 bits per heavy atom. The van der Waals surface area contributed by atoms with Gasteiger partial charge in [-0.3, -0.25) is 9.72 Å². The van der Waals surface area contributed by atoms with Crippen LogP contribution in [0, 0.1) is 29.9 Å². The monoisotopic (exact) mass is 694 g/mol. The second-order valence-electron chi connectivity index (χ2n) is 12.7. The van der Waals surface area contributed by atoms with Gasteiger partial charge in [-0.15, -0.1) is 6.42 Å². The Morgan fingerprint density at radius 3 is 2.68 bits per heavy atom. The average molecular weight is 695 g/mol. The van der Waals surface area contributed by atoms with Crippen LogP contribution in [0.4, 0.5) is 24.7 Å². The van der Waals surface area contributed by atoms with Crippen LogP contribution in [-0.4, -0.2) is 96.8 Å². The number of hydrogen-bond donors (Lipinski definition) is 5. The van der Waals surface area contributed by atoms with Crippen molar-refractivity contribution in [3.8, 4) is 29.6 Å². The molecule has 2 aromatic heterocycles. The minimum Gasteiger partial charge on any atom is -0.403 e. The first-order valence-corrected chi connectivity index (χ1v) is 15.7. The highest BCUT2D eigenvalue weighted by atomic mass is 19.1. The molecule has 7 rings (SSSR count). The molecule has 0 radical (unpaired) electrons. The van der Waals surface area contributed by atoms with Crippen LogP contribution in [0.3, 0.4) is 0 Å². The molecule has 3 aliphatic rings. The molecule has 16 heteroatoms. The molecule has 50 heavy (non-hydrogen) atoms. The minimum absolute atomic E-state index is 0.0287. The van der Waals surface area contributed by atoms with E-state index in [-0.39, 0.29) is 75.4 Å². The highest BCUT2D eigenvalue weighted by molar-refractivity contribution is 6.03. The molecule has 4 atom stereocenters. The van der Waals surface area contributed by atoms with Crippen molar-refractivity contribution < 1.29 is 47.8 Å². The van der Waals surface area contributed by atoms with E-state index < -0.39 is 41.4 Å². The molecule has 1 spiro atoms. The summed E-state index contributed by atoms with van der Waals surface area (Å²) in [7, 11) is 0. The van der Waals surface area contributed by atoms with Crippen LogP contribution < -0.4 is 15.4 Å². The molecule has 4 aromatic rings. The lowest BCUT2D eigenvalue weighted by atomic mass is 9.84. The van der Waals surface area contributed by atoms with Gasteiger partial charge in [0.15, 0.2) is 5.82 Å². The van der Waals surface area contributed by atoms with Crippen LogP contribution in [0.15, 0.2) is 42.4 Å². The first-order chi connectivity index (χ1) is 23.7. The number of piperidine rings is 1. The Morgan fingerprint density at radius 1 is 1.18 bits per heavy atom. The quantitative estimate of drug-likeness (QED) is 0.0890. The Hall–Kier alpha value is -4.60. The Labute approximate surface area is 283 Å². The summed E-state index contributed by atoms with van der Waals surface area (Å²) in [6.07, 6.45) is 3.70. The van der Waals surface area contributed by atoms with Crippen molar-refractivity contribution >= 4 is 33.2 Å². The van der Waals surface area contributed by atoms with Gasteiger partial charge in [0.25, 0.3) is 0 Å². The summed E-state index contributed by atoms with van der Waals surface area (Å²) >= 11 is 0. The van der Waals surface area contributed by atoms with Gasteiger partial charge in [0, 0.05) is 48.0 Å². The van der Waals surface area contributed by atoms with E-state index in [4.69, 9.17) is 26.4 Å². The lowest BCUT2D eigenvalue weighted by Crippen LogP contribution is -2.62. The third kappa shape index (κ3) is 5.29. The third-order valence-corrected chi connectivity index (χ3v) is 9.50. The summed E-state index contributed by atoms with van der Waals surface area (Å²) in [5, 5.41) is 42.2. The molecule has 5 heterocycles. The number of ether oxygens (including phenoxy) is 3. The molecule has 3 fully saturated rings. The molecule has 0 amide bonds. The van der Waals surface area contributed by atoms with E-state index in [0.29, 0.717) is 31.7 Å². The summed E-state index contributed by atoms with van der Waals surface area (Å²) in [4.78, 5) is 15.8. The molecule has 3 aliphatic heterocycles. The SMILES string of the molecule is C#Cc1c(F)ccc2cc(N)cc(-c3ncc4c(N5CCOCC(C)C5)nc(OC5(O)O[C@]56/C(=C/F)CCN(C(O)(O)O)C6C)nc4c3F)c12. The Kier molecular flexibility index (Phi) is 8.15. The van der Waals surface area contributed by atoms with E-state index in [1.807, 2.05) is 11.8 Å². The number of anilines is 2. The molecule has 6 N–H and O–H groups in total. The van der Waals surface area contributed by atoms with Crippen molar-refractivity contribution in [1.29, 1.82) is 0 Å². The predicted molar refractivity (Wildman–Crippen MR) is 173 cm³/mol. The van der Waals surface area contributed by atoms with E-state index in [1.165, 1.54) is 31.3 Å². The molecule has 0 aliphatic carbocycles. The molecule has 0 saturated carbocycles. The van der Waals surface area contributed by atoms with E-state index in [9.17, 15) is 29.2 Å². The minimum atomic E-state index is -3.33. The number of nitrogens with zero attached hydrogens (tertiary/aromatic N) is 5. The largest absolute Gasteiger partial charge is 0.403 e. The normalized spacial score (nSPS) is 26.8. The second kappa shape index (κ2) is 12.0. The zero-order chi connectivity index (χ0) is 35.7. The summed E-state index contributed by atoms with van der Waals surface area (Å²) in [5.41, 5.74) is 3.67. The van der Waals surface area contributed by atoms with Crippen molar-refractivity contribution in [3.63, 3.8) is 0 Å². The summed E-state index contributed by atoms with van der Waals surface area (Å²) in [6.45, 7) is 4.64. The first-order valence-electron chi connectivity index (χ1n) is 15.7. The maximum atomic E-state index is 16.9. The van der Waals surface area contributed by atoms with E-state index in [1.54, 1.807) is 6.07 Å². The van der Waals surface area contributed by atoms with Gasteiger partial charge in [-0.1, -0.05) is 18.9 Å². The predicted octanol–water partition coefficient (Wildman–Crippen LogP) is 2.49. The fourth-order valence-electron chi connectivity index (χ4n) is 7.14. The number of terminal acetylenes is 1. The number of nitrogens with two attached hydrogens (primary N) is 1. The van der Waals surface area contributed by atoms with Gasteiger partial charge in [0.05, 0.1) is 36.5 Å². The van der Waals surface area contributed by atoms with Gasteiger partial charge in [0.2, 0.25) is 5.60 Å². The van der Waals surface area contributed by atoms with E-state index in [2.05, 4.69) is 20.9 Å². The van der Waals surface area contributed by atoms with Crippen molar-refractivity contribution in [2.24, 2.45) is 5.92 Å². The third-order valence-electron chi connectivity index (χ3n) is 9.50. The van der Waals surface area contributed by atoms with E-state index in [0.717, 1.165) is 4.90 Å². The number of aromatic nitrogens is 3. The van der Waals surface area contributed by atoms with Crippen LogP contribution >= 0.6 is 0 Å². The molecule has 2 aromatic carbocycles. The summed E-state index contributed by atoms with van der Waals surface area (Å²) in [5.74, 6) is -1.83. The zero-order valence-electron chi connectivity index (χ0n) is 26.9. The average Bonchev–Trinajstić information content (AvgIpc) is 3.73. The Balaban J connectivity index is 1.40. The van der Waals surface area contributed by atoms with Crippen molar-refractivity contribution in [3.05, 3.63) is 59.6 Å². The second-order valence-corrected chi connectivity index (χ2v) is 12.7. The zero-order valence-corrected chi connectivity index (χ0v) is 26.9. The van der Waals surface area contributed by atoms with Crippen LogP contribution in [-0.2, 0) is 9.47 Å². The lowest BCUT2D eigenvalue weighted by molar-refractivity contribution is -0.404. The number of likely N-dealkylation sites (tertiary alicyclic amines) is 1. The number of rotatable bonds is 5. The van der Waals surface area contributed by atoms with Crippen LogP contribution in [0.2, 0.25) is 0 Å². The number of aliphatic hydroxyl groups is 4. The van der Waals surface area contributed by atoms with Crippen LogP contribution in [0.5, 0.6) is 6.01 Å². The highest BCUT2D eigenvalue weighted by Gasteiger charge is 2.81. The number of benzene rings is 2. The number of nitrogen functional groups attached to an aromatic ring is 1. The van der Waals surface area contributed by atoms with Crippen LogP contribution in [0.1, 0.15) is 25.8 Å². The maximum absolute atomic E-state index is 16.9. The Bertz CT molecular complexity index is 2110. The number of halogens is 3. The van der Waals surface area contributed by atoms with Gasteiger partial charge in [-0.05, 0) is 42.8 Å². The topological polar surface area (TPSA) is 183 Å². The molecular formula is C34H33F3N6O7. The smallest absolute Gasteiger partial charge is 0.365 e. The maximum Gasteiger partial charge on any atom is 0.365 e. The van der Waals surface area contributed by atoms with Crippen LogP contribution in [0.25, 0.3) is 32.9 Å². The van der Waals surface area contributed by atoms with Gasteiger partial charge >= 0.3 is 18.1 Å².